The molecule has 4 heteroatoms. The molecule has 0 aliphatic carbocycles. The summed E-state index contributed by atoms with van der Waals surface area (Å²) >= 11 is 0. The SMILES string of the molecule is Cc1cc(N)ccc1NC(=O)C(C)OC(C)C(C)C. The van der Waals surface area contributed by atoms with E-state index in [1.165, 1.54) is 0 Å². The summed E-state index contributed by atoms with van der Waals surface area (Å²) in [5.74, 6) is 0.244. The van der Waals surface area contributed by atoms with E-state index in [1.54, 1.807) is 19.1 Å². The van der Waals surface area contributed by atoms with Crippen molar-refractivity contribution in [2.75, 3.05) is 11.1 Å². The highest BCUT2D eigenvalue weighted by molar-refractivity contribution is 5.94. The van der Waals surface area contributed by atoms with Gasteiger partial charge in [0.25, 0.3) is 5.91 Å². The van der Waals surface area contributed by atoms with E-state index in [-0.39, 0.29) is 12.0 Å². The van der Waals surface area contributed by atoms with Gasteiger partial charge in [-0.1, -0.05) is 13.8 Å². The van der Waals surface area contributed by atoms with Crippen molar-refractivity contribution in [2.24, 2.45) is 5.92 Å². The molecule has 0 bridgehead atoms. The maximum absolute atomic E-state index is 12.0. The van der Waals surface area contributed by atoms with Gasteiger partial charge >= 0.3 is 0 Å². The van der Waals surface area contributed by atoms with Gasteiger partial charge in [0.05, 0.1) is 6.10 Å². The molecule has 0 aromatic heterocycles. The molecule has 106 valence electrons. The number of benzene rings is 1. The maximum Gasteiger partial charge on any atom is 0.253 e. The molecule has 0 spiro atoms. The summed E-state index contributed by atoms with van der Waals surface area (Å²) in [4.78, 5) is 12.0. The van der Waals surface area contributed by atoms with Crippen LogP contribution in [-0.2, 0) is 9.53 Å². The number of anilines is 2. The fourth-order valence-electron chi connectivity index (χ4n) is 1.60. The van der Waals surface area contributed by atoms with Gasteiger partial charge in [-0.05, 0) is 50.5 Å². The van der Waals surface area contributed by atoms with Crippen LogP contribution in [0, 0.1) is 12.8 Å². The van der Waals surface area contributed by atoms with Crippen molar-refractivity contribution >= 4 is 17.3 Å². The molecule has 1 aromatic rings. The minimum Gasteiger partial charge on any atom is -0.399 e. The molecule has 0 saturated carbocycles. The van der Waals surface area contributed by atoms with Gasteiger partial charge in [0.15, 0.2) is 0 Å². The molecule has 3 N–H and O–H groups in total. The second-order valence-electron chi connectivity index (χ2n) is 5.29. The van der Waals surface area contributed by atoms with Crippen molar-refractivity contribution < 1.29 is 9.53 Å². The Morgan fingerprint density at radius 2 is 1.89 bits per heavy atom. The van der Waals surface area contributed by atoms with E-state index in [9.17, 15) is 4.79 Å². The van der Waals surface area contributed by atoms with Crippen LogP contribution in [0.1, 0.15) is 33.3 Å². The van der Waals surface area contributed by atoms with E-state index < -0.39 is 6.10 Å². The first kappa shape index (κ1) is 15.5. The number of hydrogen-bond acceptors (Lipinski definition) is 3. The number of amides is 1. The van der Waals surface area contributed by atoms with Crippen molar-refractivity contribution in [1.29, 1.82) is 0 Å². The molecule has 0 saturated heterocycles. The minimum absolute atomic E-state index is 0.0493. The largest absolute Gasteiger partial charge is 0.399 e. The summed E-state index contributed by atoms with van der Waals surface area (Å²) in [6.45, 7) is 9.79. The molecule has 1 amide bonds. The van der Waals surface area contributed by atoms with E-state index in [2.05, 4.69) is 19.2 Å². The van der Waals surface area contributed by atoms with Gasteiger partial charge in [0, 0.05) is 11.4 Å². The van der Waals surface area contributed by atoms with Gasteiger partial charge < -0.3 is 15.8 Å². The van der Waals surface area contributed by atoms with Crippen LogP contribution in [0.4, 0.5) is 11.4 Å². The average molecular weight is 264 g/mol. The first-order chi connectivity index (χ1) is 8.81. The van der Waals surface area contributed by atoms with Crippen molar-refractivity contribution in [3.63, 3.8) is 0 Å². The van der Waals surface area contributed by atoms with E-state index in [4.69, 9.17) is 10.5 Å². The Labute approximate surface area is 115 Å². The molecule has 0 fully saturated rings. The van der Waals surface area contributed by atoms with E-state index in [0.29, 0.717) is 11.6 Å². The van der Waals surface area contributed by atoms with Crippen molar-refractivity contribution in [2.45, 2.75) is 46.8 Å². The monoisotopic (exact) mass is 264 g/mol. The molecular weight excluding hydrogens is 240 g/mol. The lowest BCUT2D eigenvalue weighted by Crippen LogP contribution is -2.32. The van der Waals surface area contributed by atoms with E-state index >= 15 is 0 Å². The average Bonchev–Trinajstić information content (AvgIpc) is 2.32. The minimum atomic E-state index is -0.477. The second-order valence-corrected chi connectivity index (χ2v) is 5.29. The van der Waals surface area contributed by atoms with Crippen LogP contribution in [0.25, 0.3) is 0 Å². The Bertz CT molecular complexity index is 444. The van der Waals surface area contributed by atoms with Crippen LogP contribution in [-0.4, -0.2) is 18.1 Å². The zero-order chi connectivity index (χ0) is 14.6. The zero-order valence-electron chi connectivity index (χ0n) is 12.4. The number of hydrogen-bond donors (Lipinski definition) is 2. The van der Waals surface area contributed by atoms with E-state index in [1.807, 2.05) is 19.9 Å². The summed E-state index contributed by atoms with van der Waals surface area (Å²) < 4.78 is 5.67. The Morgan fingerprint density at radius 1 is 1.26 bits per heavy atom. The number of nitrogens with two attached hydrogens (primary N) is 1. The normalized spacial score (nSPS) is 14.2. The van der Waals surface area contributed by atoms with Gasteiger partial charge in [-0.2, -0.15) is 0 Å². The number of rotatable bonds is 5. The molecule has 4 nitrogen and oxygen atoms in total. The Morgan fingerprint density at radius 3 is 2.42 bits per heavy atom. The molecule has 0 aliphatic heterocycles. The van der Waals surface area contributed by atoms with Crippen LogP contribution >= 0.6 is 0 Å². The van der Waals surface area contributed by atoms with Crippen LogP contribution in [0.5, 0.6) is 0 Å². The fourth-order valence-corrected chi connectivity index (χ4v) is 1.60. The summed E-state index contributed by atoms with van der Waals surface area (Å²) in [7, 11) is 0. The molecular formula is C15H24N2O2. The van der Waals surface area contributed by atoms with Gasteiger partial charge in [0.1, 0.15) is 6.10 Å². The highest BCUT2D eigenvalue weighted by atomic mass is 16.5. The number of ether oxygens (including phenoxy) is 1. The second kappa shape index (κ2) is 6.57. The zero-order valence-corrected chi connectivity index (χ0v) is 12.4. The summed E-state index contributed by atoms with van der Waals surface area (Å²) in [6, 6.07) is 5.41. The third-order valence-corrected chi connectivity index (χ3v) is 3.24. The number of carbonyl (C=O) groups is 1. The topological polar surface area (TPSA) is 64.3 Å². The number of carbonyl (C=O) groups excluding carboxylic acids is 1. The van der Waals surface area contributed by atoms with Crippen molar-refractivity contribution in [3.8, 4) is 0 Å². The predicted molar refractivity (Wildman–Crippen MR) is 79.1 cm³/mol. The number of aryl methyl sites for hydroxylation is 1. The summed E-state index contributed by atoms with van der Waals surface area (Å²) in [5.41, 5.74) is 8.08. The van der Waals surface area contributed by atoms with Crippen LogP contribution in [0.2, 0.25) is 0 Å². The van der Waals surface area contributed by atoms with Crippen molar-refractivity contribution in [1.82, 2.24) is 0 Å². The molecule has 0 heterocycles. The lowest BCUT2D eigenvalue weighted by atomic mass is 10.1. The van der Waals surface area contributed by atoms with Crippen LogP contribution in [0.3, 0.4) is 0 Å². The molecule has 2 atom stereocenters. The fraction of sp³-hybridized carbons (Fsp3) is 0.533. The van der Waals surface area contributed by atoms with Gasteiger partial charge in [-0.3, -0.25) is 4.79 Å². The first-order valence-electron chi connectivity index (χ1n) is 6.63. The highest BCUT2D eigenvalue weighted by Crippen LogP contribution is 2.18. The highest BCUT2D eigenvalue weighted by Gasteiger charge is 2.19. The molecule has 0 radical (unpaired) electrons. The first-order valence-corrected chi connectivity index (χ1v) is 6.63. The Balaban J connectivity index is 2.63. The van der Waals surface area contributed by atoms with Gasteiger partial charge in [-0.25, -0.2) is 0 Å². The van der Waals surface area contributed by atoms with Crippen LogP contribution < -0.4 is 11.1 Å². The molecule has 1 rings (SSSR count). The lowest BCUT2D eigenvalue weighted by Gasteiger charge is -2.21. The van der Waals surface area contributed by atoms with Crippen molar-refractivity contribution in [3.05, 3.63) is 23.8 Å². The molecule has 2 unspecified atom stereocenters. The predicted octanol–water partition coefficient (Wildman–Crippen LogP) is 2.97. The summed E-state index contributed by atoms with van der Waals surface area (Å²) in [6.07, 6.45) is -0.428. The third kappa shape index (κ3) is 4.56. The molecule has 1 aromatic carbocycles. The van der Waals surface area contributed by atoms with Gasteiger partial charge in [0.2, 0.25) is 0 Å². The maximum atomic E-state index is 12.0. The molecule has 0 aliphatic rings. The number of nitrogen functional groups attached to an aromatic ring is 1. The van der Waals surface area contributed by atoms with E-state index in [0.717, 1.165) is 11.3 Å². The molecule has 19 heavy (non-hydrogen) atoms. The third-order valence-electron chi connectivity index (χ3n) is 3.24. The lowest BCUT2D eigenvalue weighted by molar-refractivity contribution is -0.130. The quantitative estimate of drug-likeness (QED) is 0.804. The van der Waals surface area contributed by atoms with Crippen LogP contribution in [0.15, 0.2) is 18.2 Å². The van der Waals surface area contributed by atoms with Gasteiger partial charge in [-0.15, -0.1) is 0 Å². The summed E-state index contributed by atoms with van der Waals surface area (Å²) in [5, 5.41) is 2.86. The number of nitrogens with one attached hydrogen (secondary N) is 1. The Kier molecular flexibility index (Phi) is 5.36. The Hall–Kier alpha value is -1.55. The standard InChI is InChI=1S/C15H24N2O2/c1-9(2)11(4)19-12(5)15(18)17-14-7-6-13(16)8-10(14)3/h6-9,11-12H,16H2,1-5H3,(H,17,18). The smallest absolute Gasteiger partial charge is 0.253 e.